The molecule has 1 aliphatic rings. The molecule has 1 N–H and O–H groups in total. The number of hydrogen-bond donors (Lipinski definition) is 1. The van der Waals surface area contributed by atoms with E-state index in [0.29, 0.717) is 0 Å². The molecule has 2 rings (SSSR count). The van der Waals surface area contributed by atoms with Crippen molar-refractivity contribution in [2.24, 2.45) is 0 Å². The van der Waals surface area contributed by atoms with E-state index in [0.717, 1.165) is 43.1 Å². The van der Waals surface area contributed by atoms with E-state index in [1.54, 1.807) is 11.8 Å². The number of benzene rings is 1. The Balaban J connectivity index is 0.00000162. The van der Waals surface area contributed by atoms with E-state index in [2.05, 4.69) is 5.32 Å². The lowest BCUT2D eigenvalue weighted by atomic mass is 10.2. The summed E-state index contributed by atoms with van der Waals surface area (Å²) in [5, 5.41) is 3.31. The number of thioether (sulfide) groups is 1. The van der Waals surface area contributed by atoms with Gasteiger partial charge in [-0.05, 0) is 31.4 Å². The van der Waals surface area contributed by atoms with E-state index < -0.39 is 0 Å². The van der Waals surface area contributed by atoms with E-state index >= 15 is 0 Å². The van der Waals surface area contributed by atoms with Gasteiger partial charge in [0.1, 0.15) is 0 Å². The smallest absolute Gasteiger partial charge is 0.255 e. The number of amides is 1. The monoisotopic (exact) mass is 286 g/mol. The number of nitrogens with one attached hydrogen (secondary N) is 1. The summed E-state index contributed by atoms with van der Waals surface area (Å²) in [7, 11) is 0. The van der Waals surface area contributed by atoms with Crippen LogP contribution in [-0.2, 0) is 0 Å². The lowest BCUT2D eigenvalue weighted by molar-refractivity contribution is 0.0763. The Bertz CT molecular complexity index is 392. The Morgan fingerprint density at radius 3 is 2.83 bits per heavy atom. The van der Waals surface area contributed by atoms with Gasteiger partial charge in [0.05, 0.1) is 5.56 Å². The molecule has 1 aromatic carbocycles. The molecule has 0 atom stereocenters. The third kappa shape index (κ3) is 3.64. The Hall–Kier alpha value is -0.710. The molecule has 0 spiro atoms. The third-order valence-electron chi connectivity index (χ3n) is 2.96. The van der Waals surface area contributed by atoms with Crippen molar-refractivity contribution in [1.29, 1.82) is 0 Å². The normalized spacial score (nSPS) is 15.7. The minimum atomic E-state index is 0. The Morgan fingerprint density at radius 2 is 2.06 bits per heavy atom. The van der Waals surface area contributed by atoms with Crippen molar-refractivity contribution in [1.82, 2.24) is 10.2 Å². The zero-order valence-electron chi connectivity index (χ0n) is 10.5. The van der Waals surface area contributed by atoms with Crippen molar-refractivity contribution < 1.29 is 4.79 Å². The van der Waals surface area contributed by atoms with Gasteiger partial charge in [-0.3, -0.25) is 4.79 Å². The number of carbonyl (C=O) groups is 1. The molecule has 1 amide bonds. The fourth-order valence-electron chi connectivity index (χ4n) is 2.04. The summed E-state index contributed by atoms with van der Waals surface area (Å²) >= 11 is 1.63. The Kier molecular flexibility index (Phi) is 6.54. The highest BCUT2D eigenvalue weighted by Crippen LogP contribution is 2.21. The highest BCUT2D eigenvalue weighted by atomic mass is 35.5. The lowest BCUT2D eigenvalue weighted by Crippen LogP contribution is -2.34. The third-order valence-corrected chi connectivity index (χ3v) is 3.76. The summed E-state index contributed by atoms with van der Waals surface area (Å²) in [6.07, 6.45) is 3.04. The first kappa shape index (κ1) is 15.3. The molecule has 0 aromatic heterocycles. The molecule has 1 aliphatic heterocycles. The predicted octanol–water partition coefficient (Wildman–Crippen LogP) is 2.27. The summed E-state index contributed by atoms with van der Waals surface area (Å²) in [6.45, 7) is 3.57. The zero-order valence-corrected chi connectivity index (χ0v) is 12.1. The second-order valence-electron chi connectivity index (χ2n) is 4.10. The summed E-state index contributed by atoms with van der Waals surface area (Å²) in [5.41, 5.74) is 0.835. The van der Waals surface area contributed by atoms with Crippen molar-refractivity contribution in [2.45, 2.75) is 11.3 Å². The average molecular weight is 287 g/mol. The van der Waals surface area contributed by atoms with Crippen LogP contribution in [0.15, 0.2) is 29.2 Å². The summed E-state index contributed by atoms with van der Waals surface area (Å²) < 4.78 is 0. The molecule has 0 aliphatic carbocycles. The van der Waals surface area contributed by atoms with Gasteiger partial charge in [-0.2, -0.15) is 0 Å². The van der Waals surface area contributed by atoms with Crippen LogP contribution in [-0.4, -0.2) is 43.2 Å². The van der Waals surface area contributed by atoms with Crippen LogP contribution in [0.25, 0.3) is 0 Å². The van der Waals surface area contributed by atoms with E-state index in [1.165, 1.54) is 0 Å². The summed E-state index contributed by atoms with van der Waals surface area (Å²) in [6, 6.07) is 7.84. The molecule has 3 nitrogen and oxygen atoms in total. The van der Waals surface area contributed by atoms with Gasteiger partial charge in [-0.15, -0.1) is 24.2 Å². The van der Waals surface area contributed by atoms with Crippen LogP contribution in [0.5, 0.6) is 0 Å². The number of rotatable bonds is 2. The molecule has 5 heteroatoms. The Labute approximate surface area is 119 Å². The van der Waals surface area contributed by atoms with E-state index in [-0.39, 0.29) is 18.3 Å². The molecule has 100 valence electrons. The molecule has 1 fully saturated rings. The minimum Gasteiger partial charge on any atom is -0.337 e. The molecule has 1 aromatic rings. The highest BCUT2D eigenvalue weighted by Gasteiger charge is 2.18. The Morgan fingerprint density at radius 1 is 1.28 bits per heavy atom. The van der Waals surface area contributed by atoms with Gasteiger partial charge in [-0.25, -0.2) is 0 Å². The summed E-state index contributed by atoms with van der Waals surface area (Å²) in [5.74, 6) is 0.165. The van der Waals surface area contributed by atoms with E-state index in [1.807, 2.05) is 35.4 Å². The van der Waals surface area contributed by atoms with Crippen LogP contribution in [0.4, 0.5) is 0 Å². The maximum Gasteiger partial charge on any atom is 0.255 e. The van der Waals surface area contributed by atoms with Gasteiger partial charge in [-0.1, -0.05) is 12.1 Å². The van der Waals surface area contributed by atoms with Crippen molar-refractivity contribution >= 4 is 30.1 Å². The number of nitrogens with zero attached hydrogens (tertiary/aromatic N) is 1. The molecule has 1 saturated heterocycles. The van der Waals surface area contributed by atoms with Crippen molar-refractivity contribution in [3.8, 4) is 0 Å². The first-order valence-corrected chi connectivity index (χ1v) is 7.18. The van der Waals surface area contributed by atoms with Crippen molar-refractivity contribution in [3.05, 3.63) is 29.8 Å². The van der Waals surface area contributed by atoms with Gasteiger partial charge in [0, 0.05) is 24.5 Å². The average Bonchev–Trinajstić information content (AvgIpc) is 2.66. The topological polar surface area (TPSA) is 32.3 Å². The second kappa shape index (κ2) is 7.67. The number of hydrogen-bond acceptors (Lipinski definition) is 3. The number of carbonyl (C=O) groups excluding carboxylic acids is 1. The van der Waals surface area contributed by atoms with Crippen molar-refractivity contribution in [3.63, 3.8) is 0 Å². The first-order chi connectivity index (χ1) is 8.33. The van der Waals surface area contributed by atoms with Gasteiger partial charge in [0.25, 0.3) is 5.91 Å². The predicted molar refractivity (Wildman–Crippen MR) is 78.9 cm³/mol. The van der Waals surface area contributed by atoms with Crippen LogP contribution < -0.4 is 5.32 Å². The molecule has 0 radical (unpaired) electrons. The lowest BCUT2D eigenvalue weighted by Gasteiger charge is -2.21. The fourth-order valence-corrected chi connectivity index (χ4v) is 2.63. The molecule has 0 bridgehead atoms. The van der Waals surface area contributed by atoms with Gasteiger partial charge < -0.3 is 10.2 Å². The SMILES string of the molecule is CSc1ccccc1C(=O)N1CCCNCC1.Cl. The van der Waals surface area contributed by atoms with Crippen LogP contribution in [0.2, 0.25) is 0 Å². The molecule has 0 unspecified atom stereocenters. The van der Waals surface area contributed by atoms with E-state index in [9.17, 15) is 4.79 Å². The molecule has 0 saturated carbocycles. The highest BCUT2D eigenvalue weighted by molar-refractivity contribution is 7.98. The van der Waals surface area contributed by atoms with Crippen LogP contribution in [0.1, 0.15) is 16.8 Å². The second-order valence-corrected chi connectivity index (χ2v) is 4.94. The molecule has 1 heterocycles. The van der Waals surface area contributed by atoms with Crippen molar-refractivity contribution in [2.75, 3.05) is 32.4 Å². The largest absolute Gasteiger partial charge is 0.337 e. The van der Waals surface area contributed by atoms with Crippen LogP contribution >= 0.6 is 24.2 Å². The minimum absolute atomic E-state index is 0. The van der Waals surface area contributed by atoms with Crippen LogP contribution in [0.3, 0.4) is 0 Å². The van der Waals surface area contributed by atoms with Gasteiger partial charge in [0.15, 0.2) is 0 Å². The molecule has 18 heavy (non-hydrogen) atoms. The van der Waals surface area contributed by atoms with Crippen LogP contribution in [0, 0.1) is 0 Å². The molecular formula is C13H19ClN2OS. The maximum atomic E-state index is 12.4. The standard InChI is InChI=1S/C13H18N2OS.ClH/c1-17-12-6-3-2-5-11(12)13(16)15-9-4-7-14-8-10-15;/h2-3,5-6,14H,4,7-10H2,1H3;1H. The first-order valence-electron chi connectivity index (χ1n) is 5.96. The van der Waals surface area contributed by atoms with Gasteiger partial charge >= 0.3 is 0 Å². The quantitative estimate of drug-likeness (QED) is 0.847. The fraction of sp³-hybridized carbons (Fsp3) is 0.462. The number of halogens is 1. The maximum absolute atomic E-state index is 12.4. The molecular weight excluding hydrogens is 268 g/mol. The van der Waals surface area contributed by atoms with E-state index in [4.69, 9.17) is 0 Å². The zero-order chi connectivity index (χ0) is 12.1. The summed E-state index contributed by atoms with van der Waals surface area (Å²) in [4.78, 5) is 15.4. The van der Waals surface area contributed by atoms with Gasteiger partial charge in [0.2, 0.25) is 0 Å².